The number of nitrogens with zero attached hydrogens (tertiary/aromatic N) is 4. The van der Waals surface area contributed by atoms with E-state index in [0.29, 0.717) is 38.8 Å². The Hall–Kier alpha value is -3.66. The highest BCUT2D eigenvalue weighted by molar-refractivity contribution is 7.92. The van der Waals surface area contributed by atoms with Crippen LogP contribution in [-0.2, 0) is 17.1 Å². The van der Waals surface area contributed by atoms with Gasteiger partial charge in [-0.05, 0) is 42.3 Å². The molecule has 0 bridgehead atoms. The molecule has 0 saturated heterocycles. The molecule has 0 atom stereocenters. The van der Waals surface area contributed by atoms with Crippen LogP contribution in [0.25, 0.3) is 33.1 Å². The van der Waals surface area contributed by atoms with Gasteiger partial charge in [0, 0.05) is 43.6 Å². The number of H-pyrrole nitrogens is 2. The Morgan fingerprint density at radius 2 is 2.03 bits per heavy atom. The summed E-state index contributed by atoms with van der Waals surface area (Å²) in [4.78, 5) is 7.50. The van der Waals surface area contributed by atoms with Crippen LogP contribution in [0.1, 0.15) is 5.56 Å². The molecule has 31 heavy (non-hydrogen) atoms. The minimum atomic E-state index is -3.88. The van der Waals surface area contributed by atoms with Crippen LogP contribution in [0.3, 0.4) is 0 Å². The minimum absolute atomic E-state index is 0.0206. The molecule has 0 fully saturated rings. The summed E-state index contributed by atoms with van der Waals surface area (Å²) in [5.41, 5.74) is 3.66. The summed E-state index contributed by atoms with van der Waals surface area (Å²) < 4.78 is 44.2. The number of aryl methyl sites for hydroxylation is 2. The molecule has 158 valence electrons. The Balaban J connectivity index is 1.78. The molecule has 2 N–H and O–H groups in total. The fourth-order valence-electron chi connectivity index (χ4n) is 3.94. The number of nitrogens with one attached hydrogen (secondary N) is 2. The quantitative estimate of drug-likeness (QED) is 0.447. The van der Waals surface area contributed by atoms with Crippen molar-refractivity contribution in [1.82, 2.24) is 24.7 Å². The van der Waals surface area contributed by atoms with Crippen molar-refractivity contribution in [2.24, 2.45) is 7.05 Å². The predicted molar refractivity (Wildman–Crippen MR) is 117 cm³/mol. The first-order valence-electron chi connectivity index (χ1n) is 9.49. The molecule has 4 aromatic heterocycles. The number of hydrogen-bond acceptors (Lipinski definition) is 4. The summed E-state index contributed by atoms with van der Waals surface area (Å²) in [5.74, 6) is -0.344. The first-order valence-corrected chi connectivity index (χ1v) is 10.9. The number of rotatable bonds is 4. The Kier molecular flexibility index (Phi) is 4.16. The SMILES string of the molecule is Cc1cnc2[nH]cc(-c3cc(F)c4ccn(C)c4c3)c2c1N(C)S(=O)(=O)c1ccn[nH]1. The molecule has 0 amide bonds. The highest BCUT2D eigenvalue weighted by atomic mass is 32.2. The van der Waals surface area contributed by atoms with E-state index in [-0.39, 0.29) is 10.8 Å². The molecule has 1 aromatic carbocycles. The number of pyridine rings is 1. The van der Waals surface area contributed by atoms with E-state index in [0.717, 1.165) is 5.52 Å². The summed E-state index contributed by atoms with van der Waals surface area (Å²) in [6.07, 6.45) is 6.52. The van der Waals surface area contributed by atoms with Crippen molar-refractivity contribution in [2.75, 3.05) is 11.4 Å². The molecular formula is C21H19FN6O2S. The van der Waals surface area contributed by atoms with Crippen molar-refractivity contribution in [3.05, 3.63) is 60.4 Å². The van der Waals surface area contributed by atoms with Gasteiger partial charge in [0.05, 0.1) is 22.8 Å². The van der Waals surface area contributed by atoms with E-state index in [2.05, 4.69) is 20.2 Å². The van der Waals surface area contributed by atoms with Crippen LogP contribution in [0.2, 0.25) is 0 Å². The molecular weight excluding hydrogens is 419 g/mol. The van der Waals surface area contributed by atoms with Gasteiger partial charge in [-0.1, -0.05) is 0 Å². The largest absolute Gasteiger partial charge is 0.350 e. The number of aromatic amines is 2. The normalized spacial score (nSPS) is 12.1. The first-order chi connectivity index (χ1) is 14.8. The van der Waals surface area contributed by atoms with Gasteiger partial charge in [-0.25, -0.2) is 9.37 Å². The third-order valence-electron chi connectivity index (χ3n) is 5.55. The van der Waals surface area contributed by atoms with Gasteiger partial charge in [-0.15, -0.1) is 0 Å². The molecule has 5 aromatic rings. The maximum atomic E-state index is 14.8. The van der Waals surface area contributed by atoms with Crippen molar-refractivity contribution in [3.63, 3.8) is 0 Å². The highest BCUT2D eigenvalue weighted by Crippen LogP contribution is 2.39. The van der Waals surface area contributed by atoms with Crippen molar-refractivity contribution < 1.29 is 12.8 Å². The summed E-state index contributed by atoms with van der Waals surface area (Å²) in [6, 6.07) is 6.47. The van der Waals surface area contributed by atoms with E-state index in [1.54, 1.807) is 31.6 Å². The number of fused-ring (bicyclic) bond motifs is 2. The Morgan fingerprint density at radius 3 is 2.77 bits per heavy atom. The maximum absolute atomic E-state index is 14.8. The summed E-state index contributed by atoms with van der Waals surface area (Å²) in [7, 11) is -0.553. The van der Waals surface area contributed by atoms with Crippen molar-refractivity contribution in [1.29, 1.82) is 0 Å². The molecule has 0 saturated carbocycles. The second-order valence-electron chi connectivity index (χ2n) is 7.43. The molecule has 0 unspecified atom stereocenters. The van der Waals surface area contributed by atoms with E-state index in [1.807, 2.05) is 17.7 Å². The third-order valence-corrected chi connectivity index (χ3v) is 7.24. The van der Waals surface area contributed by atoms with Gasteiger partial charge in [0.2, 0.25) is 0 Å². The molecule has 4 heterocycles. The summed E-state index contributed by atoms with van der Waals surface area (Å²) in [6.45, 7) is 1.79. The van der Waals surface area contributed by atoms with Crippen LogP contribution >= 0.6 is 0 Å². The maximum Gasteiger partial charge on any atom is 0.281 e. The molecule has 0 aliphatic heterocycles. The fourth-order valence-corrected chi connectivity index (χ4v) is 5.12. The zero-order chi connectivity index (χ0) is 21.9. The lowest BCUT2D eigenvalue weighted by atomic mass is 10.0. The van der Waals surface area contributed by atoms with Crippen LogP contribution in [-0.4, -0.2) is 40.2 Å². The van der Waals surface area contributed by atoms with Gasteiger partial charge < -0.3 is 9.55 Å². The summed E-state index contributed by atoms with van der Waals surface area (Å²) in [5, 5.41) is 7.37. The fraction of sp³-hybridized carbons (Fsp3) is 0.143. The number of hydrogen-bond donors (Lipinski definition) is 2. The Bertz CT molecular complexity index is 1550. The van der Waals surface area contributed by atoms with E-state index in [1.165, 1.54) is 29.7 Å². The van der Waals surface area contributed by atoms with E-state index < -0.39 is 10.0 Å². The van der Waals surface area contributed by atoms with Crippen molar-refractivity contribution in [2.45, 2.75) is 11.9 Å². The number of halogens is 1. The van der Waals surface area contributed by atoms with Gasteiger partial charge in [-0.2, -0.15) is 13.5 Å². The number of sulfonamides is 1. The van der Waals surface area contributed by atoms with Crippen LogP contribution in [0.15, 0.2) is 54.1 Å². The second-order valence-corrected chi connectivity index (χ2v) is 9.36. The van der Waals surface area contributed by atoms with Gasteiger partial charge in [-0.3, -0.25) is 9.40 Å². The molecule has 0 aliphatic carbocycles. The molecule has 0 spiro atoms. The predicted octanol–water partition coefficient (Wildman–Crippen LogP) is 3.72. The van der Waals surface area contributed by atoms with E-state index in [4.69, 9.17) is 0 Å². The average Bonchev–Trinajstić information content (AvgIpc) is 3.48. The van der Waals surface area contributed by atoms with Crippen LogP contribution in [0.4, 0.5) is 10.1 Å². The summed E-state index contributed by atoms with van der Waals surface area (Å²) >= 11 is 0. The molecule has 0 radical (unpaired) electrons. The monoisotopic (exact) mass is 438 g/mol. The zero-order valence-corrected chi connectivity index (χ0v) is 17.8. The number of benzene rings is 1. The highest BCUT2D eigenvalue weighted by Gasteiger charge is 2.27. The molecule has 10 heteroatoms. The number of aromatic nitrogens is 5. The minimum Gasteiger partial charge on any atom is -0.350 e. The third kappa shape index (κ3) is 2.82. The molecule has 5 rings (SSSR count). The standard InChI is InChI=1S/C21H19FN6O2S/c1-12-10-23-21-19(20(12)28(3)31(29,30)18-4-6-25-26-18)15(11-24-21)13-8-16(22)14-5-7-27(2)17(14)9-13/h4-11H,1-3H3,(H,23,24)(H,25,26). The topological polar surface area (TPSA) is 99.7 Å². The van der Waals surface area contributed by atoms with Gasteiger partial charge in [0.15, 0.2) is 5.03 Å². The molecule has 8 nitrogen and oxygen atoms in total. The van der Waals surface area contributed by atoms with Gasteiger partial charge in [0.1, 0.15) is 11.5 Å². The first kappa shape index (κ1) is 19.3. The molecule has 0 aliphatic rings. The smallest absolute Gasteiger partial charge is 0.281 e. The number of anilines is 1. The lowest BCUT2D eigenvalue weighted by molar-refractivity contribution is 0.590. The van der Waals surface area contributed by atoms with Crippen LogP contribution in [0, 0.1) is 12.7 Å². The van der Waals surface area contributed by atoms with Crippen LogP contribution < -0.4 is 4.31 Å². The lowest BCUT2D eigenvalue weighted by Crippen LogP contribution is -2.28. The van der Waals surface area contributed by atoms with E-state index in [9.17, 15) is 12.8 Å². The van der Waals surface area contributed by atoms with Gasteiger partial charge in [0.25, 0.3) is 10.0 Å². The van der Waals surface area contributed by atoms with Crippen LogP contribution in [0.5, 0.6) is 0 Å². The van der Waals surface area contributed by atoms with Gasteiger partial charge >= 0.3 is 0 Å². The van der Waals surface area contributed by atoms with Crippen molar-refractivity contribution >= 4 is 37.6 Å². The Labute approximate surface area is 177 Å². The lowest BCUT2D eigenvalue weighted by Gasteiger charge is -2.22. The van der Waals surface area contributed by atoms with E-state index >= 15 is 0 Å². The second kappa shape index (κ2) is 6.67. The zero-order valence-electron chi connectivity index (χ0n) is 17.0. The average molecular weight is 438 g/mol. The Morgan fingerprint density at radius 1 is 1.23 bits per heavy atom. The van der Waals surface area contributed by atoms with Crippen molar-refractivity contribution in [3.8, 4) is 11.1 Å².